The Morgan fingerprint density at radius 2 is 2.14 bits per heavy atom. The van der Waals surface area contributed by atoms with E-state index < -0.39 is 5.69 Å². The number of carbonyl (C=O) groups is 1. The molecule has 1 aromatic carbocycles. The quantitative estimate of drug-likeness (QED) is 0.658. The van der Waals surface area contributed by atoms with Gasteiger partial charge in [-0.3, -0.25) is 9.36 Å². The zero-order chi connectivity index (χ0) is 19.7. The second-order valence-electron chi connectivity index (χ2n) is 6.89. The van der Waals surface area contributed by atoms with Gasteiger partial charge in [-0.25, -0.2) is 4.79 Å². The van der Waals surface area contributed by atoms with Gasteiger partial charge in [-0.1, -0.05) is 12.5 Å². The summed E-state index contributed by atoms with van der Waals surface area (Å²) in [5.41, 5.74) is 7.41. The first-order chi connectivity index (χ1) is 13.6. The van der Waals surface area contributed by atoms with Crippen molar-refractivity contribution < 1.29 is 9.53 Å². The number of thiophene rings is 1. The van der Waals surface area contributed by atoms with Crippen LogP contribution in [0, 0.1) is 0 Å². The average molecular weight is 398 g/mol. The third-order valence-electron chi connectivity index (χ3n) is 5.01. The van der Waals surface area contributed by atoms with Crippen LogP contribution in [0.5, 0.6) is 5.75 Å². The molecule has 3 aromatic rings. The Hall–Kier alpha value is -2.87. The SMILES string of the molecule is COc1cccc(NC(=O)Cn2c(=O)nc(N)c3c4c(sc32)CCCCC4)c1. The van der Waals surface area contributed by atoms with Gasteiger partial charge in [0.1, 0.15) is 22.9 Å². The molecule has 0 atom stereocenters. The molecule has 0 aliphatic heterocycles. The lowest BCUT2D eigenvalue weighted by molar-refractivity contribution is -0.116. The monoisotopic (exact) mass is 398 g/mol. The molecule has 0 saturated heterocycles. The molecule has 1 amide bonds. The van der Waals surface area contributed by atoms with Crippen molar-refractivity contribution in [3.05, 3.63) is 45.2 Å². The number of methoxy groups -OCH3 is 1. The van der Waals surface area contributed by atoms with E-state index >= 15 is 0 Å². The van der Waals surface area contributed by atoms with Gasteiger partial charge in [0.25, 0.3) is 0 Å². The number of hydrogen-bond donors (Lipinski definition) is 2. The summed E-state index contributed by atoms with van der Waals surface area (Å²) < 4.78 is 6.60. The first-order valence-corrected chi connectivity index (χ1v) is 10.1. The highest BCUT2D eigenvalue weighted by Crippen LogP contribution is 2.37. The Balaban J connectivity index is 1.68. The Kier molecular flexibility index (Phi) is 5.04. The van der Waals surface area contributed by atoms with Crippen molar-refractivity contribution in [3.63, 3.8) is 0 Å². The Morgan fingerprint density at radius 3 is 2.96 bits per heavy atom. The summed E-state index contributed by atoms with van der Waals surface area (Å²) in [6, 6.07) is 7.09. The summed E-state index contributed by atoms with van der Waals surface area (Å²) in [4.78, 5) is 31.1. The smallest absolute Gasteiger partial charge is 0.351 e. The third-order valence-corrected chi connectivity index (χ3v) is 6.32. The molecule has 4 rings (SSSR count). The van der Waals surface area contributed by atoms with Crippen LogP contribution in [0.3, 0.4) is 0 Å². The number of nitrogens with one attached hydrogen (secondary N) is 1. The van der Waals surface area contributed by atoms with E-state index in [1.165, 1.54) is 21.4 Å². The normalized spacial score (nSPS) is 13.8. The maximum Gasteiger partial charge on any atom is 0.351 e. The van der Waals surface area contributed by atoms with Gasteiger partial charge in [0.2, 0.25) is 5.91 Å². The van der Waals surface area contributed by atoms with Gasteiger partial charge >= 0.3 is 5.69 Å². The number of rotatable bonds is 4. The highest BCUT2D eigenvalue weighted by Gasteiger charge is 2.21. The van der Waals surface area contributed by atoms with Crippen molar-refractivity contribution in [2.75, 3.05) is 18.2 Å². The average Bonchev–Trinajstić information content (AvgIpc) is 2.88. The maximum absolute atomic E-state index is 12.6. The van der Waals surface area contributed by atoms with Gasteiger partial charge in [-0.2, -0.15) is 4.98 Å². The predicted molar refractivity (Wildman–Crippen MR) is 111 cm³/mol. The molecule has 0 fully saturated rings. The number of carbonyl (C=O) groups excluding carboxylic acids is 1. The molecule has 1 aliphatic carbocycles. The number of benzene rings is 1. The molecular formula is C20H22N4O3S. The molecule has 0 bridgehead atoms. The highest BCUT2D eigenvalue weighted by molar-refractivity contribution is 7.19. The van der Waals surface area contributed by atoms with Gasteiger partial charge in [-0.05, 0) is 43.4 Å². The Labute approximate surface area is 166 Å². The van der Waals surface area contributed by atoms with Crippen molar-refractivity contribution in [3.8, 4) is 5.75 Å². The molecule has 146 valence electrons. The molecule has 28 heavy (non-hydrogen) atoms. The number of ether oxygens (including phenoxy) is 1. The Bertz CT molecular complexity index is 1100. The number of anilines is 2. The molecule has 2 heterocycles. The summed E-state index contributed by atoms with van der Waals surface area (Å²) in [5, 5.41) is 3.65. The van der Waals surface area contributed by atoms with E-state index in [0.717, 1.165) is 35.9 Å². The number of hydrogen-bond acceptors (Lipinski definition) is 6. The second-order valence-corrected chi connectivity index (χ2v) is 7.97. The Morgan fingerprint density at radius 1 is 1.32 bits per heavy atom. The lowest BCUT2D eigenvalue weighted by Gasteiger charge is -2.10. The van der Waals surface area contributed by atoms with Crippen molar-refractivity contribution in [1.82, 2.24) is 9.55 Å². The van der Waals surface area contributed by atoms with Crippen molar-refractivity contribution in [2.24, 2.45) is 0 Å². The molecule has 0 spiro atoms. The number of nitrogens with zero attached hydrogens (tertiary/aromatic N) is 2. The van der Waals surface area contributed by atoms with Crippen LogP contribution in [0.25, 0.3) is 10.2 Å². The fourth-order valence-electron chi connectivity index (χ4n) is 3.67. The van der Waals surface area contributed by atoms with Gasteiger partial charge in [0.15, 0.2) is 0 Å². The summed E-state index contributed by atoms with van der Waals surface area (Å²) in [5.74, 6) is 0.615. The van der Waals surface area contributed by atoms with Crippen molar-refractivity contribution >= 4 is 39.0 Å². The molecule has 7 nitrogen and oxygen atoms in total. The number of aryl methyl sites for hydroxylation is 2. The number of fused-ring (bicyclic) bond motifs is 3. The van der Waals surface area contributed by atoms with Crippen LogP contribution < -0.4 is 21.5 Å². The zero-order valence-electron chi connectivity index (χ0n) is 15.7. The van der Waals surface area contributed by atoms with Crippen LogP contribution in [0.15, 0.2) is 29.1 Å². The molecule has 3 N–H and O–H groups in total. The lowest BCUT2D eigenvalue weighted by atomic mass is 10.1. The van der Waals surface area contributed by atoms with Crippen molar-refractivity contribution in [1.29, 1.82) is 0 Å². The van der Waals surface area contributed by atoms with Crippen LogP contribution in [-0.4, -0.2) is 22.6 Å². The summed E-state index contributed by atoms with van der Waals surface area (Å²) in [7, 11) is 1.57. The van der Waals surface area contributed by atoms with Gasteiger partial charge < -0.3 is 15.8 Å². The summed E-state index contributed by atoms with van der Waals surface area (Å²) in [6.45, 7) is -0.112. The number of nitrogen functional groups attached to an aromatic ring is 1. The minimum absolute atomic E-state index is 0.112. The van der Waals surface area contributed by atoms with Crippen LogP contribution in [0.2, 0.25) is 0 Å². The van der Waals surface area contributed by atoms with Gasteiger partial charge in [-0.15, -0.1) is 11.3 Å². The van der Waals surface area contributed by atoms with Gasteiger partial charge in [0, 0.05) is 16.6 Å². The molecule has 0 radical (unpaired) electrons. The summed E-state index contributed by atoms with van der Waals surface area (Å²) in [6.07, 6.45) is 5.36. The summed E-state index contributed by atoms with van der Waals surface area (Å²) >= 11 is 1.57. The van der Waals surface area contributed by atoms with Crippen LogP contribution >= 0.6 is 11.3 Å². The van der Waals surface area contributed by atoms with E-state index in [1.807, 2.05) is 0 Å². The van der Waals surface area contributed by atoms with Gasteiger partial charge in [0.05, 0.1) is 12.5 Å². The fraction of sp³-hybridized carbons (Fsp3) is 0.350. The van der Waals surface area contributed by atoms with E-state index in [0.29, 0.717) is 11.4 Å². The van der Waals surface area contributed by atoms with E-state index in [1.54, 1.807) is 42.7 Å². The minimum atomic E-state index is -0.498. The molecular weight excluding hydrogens is 376 g/mol. The largest absolute Gasteiger partial charge is 0.497 e. The number of nitrogens with two attached hydrogens (primary N) is 1. The second kappa shape index (κ2) is 7.63. The standard InChI is InChI=1S/C20H22N4O3S/c1-27-13-7-5-6-12(10-13)22-16(25)11-24-19-17(18(21)23-20(24)26)14-8-3-2-4-9-15(14)28-19/h5-7,10H,2-4,8-9,11H2,1H3,(H,22,25)(H2,21,23,26). The number of amides is 1. The topological polar surface area (TPSA) is 99.2 Å². The van der Waals surface area contributed by atoms with Crippen LogP contribution in [0.1, 0.15) is 29.7 Å². The zero-order valence-corrected chi connectivity index (χ0v) is 16.5. The van der Waals surface area contributed by atoms with E-state index in [-0.39, 0.29) is 18.3 Å². The fourth-order valence-corrected chi connectivity index (χ4v) is 5.06. The molecule has 0 saturated carbocycles. The minimum Gasteiger partial charge on any atom is -0.497 e. The molecule has 8 heteroatoms. The third kappa shape index (κ3) is 3.47. The molecule has 1 aliphatic rings. The van der Waals surface area contributed by atoms with Crippen molar-refractivity contribution in [2.45, 2.75) is 38.6 Å². The first kappa shape index (κ1) is 18.5. The molecule has 0 unspecified atom stereocenters. The highest BCUT2D eigenvalue weighted by atomic mass is 32.1. The lowest BCUT2D eigenvalue weighted by Crippen LogP contribution is -2.29. The number of aromatic nitrogens is 2. The van der Waals surface area contributed by atoms with E-state index in [4.69, 9.17) is 10.5 Å². The first-order valence-electron chi connectivity index (χ1n) is 9.31. The molecule has 2 aromatic heterocycles. The predicted octanol–water partition coefficient (Wildman–Crippen LogP) is 2.96. The maximum atomic E-state index is 12.6. The van der Waals surface area contributed by atoms with Crippen LogP contribution in [-0.2, 0) is 24.2 Å². The van der Waals surface area contributed by atoms with E-state index in [9.17, 15) is 9.59 Å². The van der Waals surface area contributed by atoms with E-state index in [2.05, 4.69) is 10.3 Å². The van der Waals surface area contributed by atoms with Crippen LogP contribution in [0.4, 0.5) is 11.5 Å².